The van der Waals surface area contributed by atoms with Crippen LogP contribution in [0.5, 0.6) is 0 Å². The highest BCUT2D eigenvalue weighted by molar-refractivity contribution is 6.05. The summed E-state index contributed by atoms with van der Waals surface area (Å²) in [5, 5.41) is 18.6. The first-order valence-corrected chi connectivity index (χ1v) is 9.40. The van der Waals surface area contributed by atoms with Crippen LogP contribution in [0.3, 0.4) is 0 Å². The third kappa shape index (κ3) is 3.60. The summed E-state index contributed by atoms with van der Waals surface area (Å²) >= 11 is 0. The topological polar surface area (TPSA) is 111 Å². The molecule has 0 spiro atoms. The SMILES string of the molecule is O=C1CCC(N2Cc3c(CNC[C@@H]4C[C@H](O)CN4)cccc3C2=O)C(=O)N1. The minimum atomic E-state index is -0.590. The number of aliphatic hydroxyl groups excluding tert-OH is 1. The van der Waals surface area contributed by atoms with Gasteiger partial charge in [0.25, 0.3) is 5.91 Å². The highest BCUT2D eigenvalue weighted by atomic mass is 16.3. The number of hydrogen-bond donors (Lipinski definition) is 4. The van der Waals surface area contributed by atoms with Crippen molar-refractivity contribution in [2.45, 2.75) is 50.5 Å². The molecule has 27 heavy (non-hydrogen) atoms. The lowest BCUT2D eigenvalue weighted by Crippen LogP contribution is -2.52. The van der Waals surface area contributed by atoms with Crippen molar-refractivity contribution < 1.29 is 19.5 Å². The number of fused-ring (bicyclic) bond motifs is 1. The molecule has 1 aromatic rings. The van der Waals surface area contributed by atoms with Crippen LogP contribution in [0.2, 0.25) is 0 Å². The molecule has 1 aromatic carbocycles. The van der Waals surface area contributed by atoms with Gasteiger partial charge >= 0.3 is 0 Å². The molecule has 3 atom stereocenters. The van der Waals surface area contributed by atoms with E-state index < -0.39 is 11.9 Å². The van der Waals surface area contributed by atoms with Crippen LogP contribution in [-0.4, -0.2) is 59.0 Å². The molecule has 3 aliphatic heterocycles. The van der Waals surface area contributed by atoms with Crippen molar-refractivity contribution in [3.63, 3.8) is 0 Å². The smallest absolute Gasteiger partial charge is 0.255 e. The fraction of sp³-hybridized carbons (Fsp3) is 0.526. The molecule has 8 heteroatoms. The summed E-state index contributed by atoms with van der Waals surface area (Å²) in [5.74, 6) is -0.823. The van der Waals surface area contributed by atoms with Crippen LogP contribution in [0.15, 0.2) is 18.2 Å². The van der Waals surface area contributed by atoms with E-state index in [2.05, 4.69) is 16.0 Å². The molecule has 4 rings (SSSR count). The molecule has 3 aliphatic rings. The predicted octanol–water partition coefficient (Wildman–Crippen LogP) is -0.740. The molecule has 2 saturated heterocycles. The molecule has 0 aromatic heterocycles. The maximum absolute atomic E-state index is 12.8. The van der Waals surface area contributed by atoms with Gasteiger partial charge in [-0.3, -0.25) is 19.7 Å². The number of rotatable bonds is 5. The minimum absolute atomic E-state index is 0.151. The fourth-order valence-electron chi connectivity index (χ4n) is 4.15. The second-order valence-electron chi connectivity index (χ2n) is 7.47. The molecule has 2 fully saturated rings. The molecule has 144 valence electrons. The molecule has 0 aliphatic carbocycles. The van der Waals surface area contributed by atoms with Gasteiger partial charge in [-0.05, 0) is 30.0 Å². The van der Waals surface area contributed by atoms with Crippen LogP contribution in [0, 0.1) is 0 Å². The van der Waals surface area contributed by atoms with E-state index in [9.17, 15) is 19.5 Å². The quantitative estimate of drug-likeness (QED) is 0.507. The Morgan fingerprint density at radius 3 is 2.85 bits per heavy atom. The molecule has 1 unspecified atom stereocenters. The number of imide groups is 1. The second-order valence-corrected chi connectivity index (χ2v) is 7.47. The zero-order chi connectivity index (χ0) is 19.0. The van der Waals surface area contributed by atoms with Gasteiger partial charge in [0.1, 0.15) is 6.04 Å². The Labute approximate surface area is 157 Å². The Balaban J connectivity index is 1.43. The number of aliphatic hydroxyl groups is 1. The predicted molar refractivity (Wildman–Crippen MR) is 96.6 cm³/mol. The van der Waals surface area contributed by atoms with Gasteiger partial charge in [0.15, 0.2) is 0 Å². The zero-order valence-electron chi connectivity index (χ0n) is 15.0. The van der Waals surface area contributed by atoms with E-state index in [0.717, 1.165) is 24.1 Å². The van der Waals surface area contributed by atoms with Crippen LogP contribution in [0.25, 0.3) is 0 Å². The molecule has 3 amide bonds. The Morgan fingerprint density at radius 2 is 2.11 bits per heavy atom. The average molecular weight is 372 g/mol. The molecule has 0 saturated carbocycles. The van der Waals surface area contributed by atoms with Crippen LogP contribution < -0.4 is 16.0 Å². The third-order valence-electron chi connectivity index (χ3n) is 5.58. The molecule has 0 radical (unpaired) electrons. The lowest BCUT2D eigenvalue weighted by Gasteiger charge is -2.29. The number of nitrogens with one attached hydrogen (secondary N) is 3. The number of piperidine rings is 1. The van der Waals surface area contributed by atoms with E-state index in [-0.39, 0.29) is 30.4 Å². The molecular weight excluding hydrogens is 348 g/mol. The van der Waals surface area contributed by atoms with E-state index in [1.807, 2.05) is 12.1 Å². The van der Waals surface area contributed by atoms with Gasteiger partial charge in [0.05, 0.1) is 6.10 Å². The second kappa shape index (κ2) is 7.38. The summed E-state index contributed by atoms with van der Waals surface area (Å²) < 4.78 is 0. The first-order chi connectivity index (χ1) is 13.0. The monoisotopic (exact) mass is 372 g/mol. The van der Waals surface area contributed by atoms with Crippen molar-refractivity contribution in [3.8, 4) is 0 Å². The summed E-state index contributed by atoms with van der Waals surface area (Å²) in [6, 6.07) is 5.30. The lowest BCUT2D eigenvalue weighted by molar-refractivity contribution is -0.136. The summed E-state index contributed by atoms with van der Waals surface area (Å²) in [6.45, 7) is 2.38. The summed E-state index contributed by atoms with van der Waals surface area (Å²) in [4.78, 5) is 37.9. The minimum Gasteiger partial charge on any atom is -0.392 e. The van der Waals surface area contributed by atoms with Gasteiger partial charge in [-0.2, -0.15) is 0 Å². The van der Waals surface area contributed by atoms with Gasteiger partial charge in [-0.1, -0.05) is 12.1 Å². The number of carbonyl (C=O) groups is 3. The van der Waals surface area contributed by atoms with Crippen LogP contribution in [0.1, 0.15) is 40.7 Å². The van der Waals surface area contributed by atoms with E-state index in [4.69, 9.17) is 0 Å². The maximum atomic E-state index is 12.8. The van der Waals surface area contributed by atoms with Crippen molar-refractivity contribution in [1.82, 2.24) is 20.9 Å². The van der Waals surface area contributed by atoms with Crippen LogP contribution in [0.4, 0.5) is 0 Å². The highest BCUT2D eigenvalue weighted by Crippen LogP contribution is 2.29. The van der Waals surface area contributed by atoms with Crippen molar-refractivity contribution in [1.29, 1.82) is 0 Å². The first kappa shape index (κ1) is 18.1. The average Bonchev–Trinajstić information content (AvgIpc) is 3.19. The number of amides is 3. The van der Waals surface area contributed by atoms with Gasteiger partial charge in [0, 0.05) is 44.2 Å². The fourth-order valence-corrected chi connectivity index (χ4v) is 4.15. The summed E-state index contributed by atoms with van der Waals surface area (Å²) in [5.41, 5.74) is 2.61. The molecule has 0 bridgehead atoms. The first-order valence-electron chi connectivity index (χ1n) is 9.40. The van der Waals surface area contributed by atoms with Gasteiger partial charge in [-0.15, -0.1) is 0 Å². The van der Waals surface area contributed by atoms with Crippen molar-refractivity contribution in [2.24, 2.45) is 0 Å². The van der Waals surface area contributed by atoms with Gasteiger partial charge in [0.2, 0.25) is 11.8 Å². The number of carbonyl (C=O) groups excluding carboxylic acids is 3. The maximum Gasteiger partial charge on any atom is 0.255 e. The van der Waals surface area contributed by atoms with E-state index >= 15 is 0 Å². The third-order valence-corrected chi connectivity index (χ3v) is 5.58. The number of hydrogen-bond acceptors (Lipinski definition) is 6. The van der Waals surface area contributed by atoms with E-state index in [0.29, 0.717) is 31.6 Å². The molecule has 4 N–H and O–H groups in total. The summed E-state index contributed by atoms with van der Waals surface area (Å²) in [7, 11) is 0. The zero-order valence-corrected chi connectivity index (χ0v) is 15.0. The van der Waals surface area contributed by atoms with E-state index in [1.54, 1.807) is 11.0 Å². The molecule has 8 nitrogen and oxygen atoms in total. The van der Waals surface area contributed by atoms with Crippen molar-refractivity contribution >= 4 is 17.7 Å². The number of nitrogens with zero attached hydrogens (tertiary/aromatic N) is 1. The Kier molecular flexibility index (Phi) is 4.94. The standard InChI is InChI=1S/C19H24N4O4/c24-13-6-12(21-9-13)8-20-7-11-2-1-3-14-15(11)10-23(19(14)27)16-4-5-17(25)22-18(16)26/h1-3,12-13,16,20-21,24H,4-10H2,(H,22,25,26)/t12-,13-,16?/m0/s1. The highest BCUT2D eigenvalue weighted by Gasteiger charge is 2.39. The van der Waals surface area contributed by atoms with Gasteiger partial charge < -0.3 is 20.6 Å². The largest absolute Gasteiger partial charge is 0.392 e. The Bertz CT molecular complexity index is 781. The van der Waals surface area contributed by atoms with Crippen LogP contribution >= 0.6 is 0 Å². The number of benzene rings is 1. The molecule has 3 heterocycles. The van der Waals surface area contributed by atoms with Crippen molar-refractivity contribution in [2.75, 3.05) is 13.1 Å². The summed E-state index contributed by atoms with van der Waals surface area (Å²) in [6.07, 6.45) is 1.08. The molecular formula is C19H24N4O4. The Morgan fingerprint density at radius 1 is 1.26 bits per heavy atom. The van der Waals surface area contributed by atoms with E-state index in [1.165, 1.54) is 0 Å². The normalized spacial score (nSPS) is 27.8. The van der Waals surface area contributed by atoms with Crippen LogP contribution in [-0.2, 0) is 22.7 Å². The van der Waals surface area contributed by atoms with Crippen molar-refractivity contribution in [3.05, 3.63) is 34.9 Å². The van der Waals surface area contributed by atoms with Gasteiger partial charge in [-0.25, -0.2) is 0 Å². The Hall–Kier alpha value is -2.29. The lowest BCUT2D eigenvalue weighted by atomic mass is 10.0. The number of β-amino-alcohol motifs (C(OH)–C–C–N with tert-alkyl or cyclic N) is 1.